The first kappa shape index (κ1) is 44.0. The number of hydrogen-bond acceptors (Lipinski definition) is 12. The minimum atomic E-state index is -2.39. The van der Waals surface area contributed by atoms with Crippen molar-refractivity contribution in [3.05, 3.63) is 129 Å². The van der Waals surface area contributed by atoms with Gasteiger partial charge in [0.2, 0.25) is 40.0 Å². The number of carbonyl (C=O) groups excluding carboxylic acids is 3. The number of methoxy groups -OCH3 is 2. The summed E-state index contributed by atoms with van der Waals surface area (Å²) in [5.41, 5.74) is 12.3. The van der Waals surface area contributed by atoms with Crippen molar-refractivity contribution >= 4 is 84.2 Å². The van der Waals surface area contributed by atoms with Crippen LogP contribution in [0.2, 0.25) is 0 Å². The second-order valence-corrected chi connectivity index (χ2v) is 17.1. The second kappa shape index (κ2) is 17.4. The molecule has 2 amide bonds. The standard InChI is InChI=1S/C48H37F5N8O6S/c1-65-36-22-35(59-14-3-4-15-59)37(66-2)21-31(36)57-58-48-56-30-9-8-24(19-38(30)68-48)45(62)60-16-12-25-23(6-5-7-33(25)60)18-28(54)46(63)61-17-13-26-27-20-32(55-29(27)10-11-34(26)61)47(64)67-44-42(52)40(50)39(49)41(51)43(44)53/h5-11,18-22,55H,3-4,12-17,54H2,1-2H3/b28-18-,58-57+. The number of rotatable bonds is 10. The zero-order chi connectivity index (χ0) is 47.5. The summed E-state index contributed by atoms with van der Waals surface area (Å²) in [6.45, 7) is 2.48. The molecule has 14 nitrogen and oxygen atoms in total. The number of H-pyrrole nitrogens is 1. The minimum Gasteiger partial charge on any atom is -0.494 e. The second-order valence-electron chi connectivity index (χ2n) is 16.1. The fourth-order valence-electron chi connectivity index (χ4n) is 8.94. The summed E-state index contributed by atoms with van der Waals surface area (Å²) in [4.78, 5) is 53.6. The summed E-state index contributed by atoms with van der Waals surface area (Å²) in [6.07, 6.45) is 4.63. The van der Waals surface area contributed by atoms with E-state index in [9.17, 15) is 36.3 Å². The molecule has 0 spiro atoms. The Morgan fingerprint density at radius 1 is 0.765 bits per heavy atom. The van der Waals surface area contributed by atoms with Gasteiger partial charge in [-0.3, -0.25) is 9.59 Å². The van der Waals surface area contributed by atoms with Gasteiger partial charge in [-0.05, 0) is 90.9 Å². The lowest BCUT2D eigenvalue weighted by molar-refractivity contribution is -0.115. The monoisotopic (exact) mass is 948 g/mol. The van der Waals surface area contributed by atoms with Gasteiger partial charge in [0.05, 0.1) is 35.8 Å². The van der Waals surface area contributed by atoms with Gasteiger partial charge in [-0.2, -0.15) is 8.78 Å². The van der Waals surface area contributed by atoms with Gasteiger partial charge < -0.3 is 39.6 Å². The number of esters is 1. The van der Waals surface area contributed by atoms with Crippen molar-refractivity contribution in [2.24, 2.45) is 16.0 Å². The fraction of sp³-hybridized carbons (Fsp3) is 0.208. The van der Waals surface area contributed by atoms with E-state index in [2.05, 4.69) is 29.8 Å². The number of nitrogens with one attached hydrogen (secondary N) is 1. The summed E-state index contributed by atoms with van der Waals surface area (Å²) >= 11 is 1.29. The summed E-state index contributed by atoms with van der Waals surface area (Å²) in [5, 5.41) is 9.73. The highest BCUT2D eigenvalue weighted by Crippen LogP contribution is 2.43. The number of anilines is 3. The summed E-state index contributed by atoms with van der Waals surface area (Å²) in [5.74, 6) is -14.1. The number of carbonyl (C=O) groups is 3. The zero-order valence-corrected chi connectivity index (χ0v) is 36.9. The first-order valence-electron chi connectivity index (χ1n) is 21.3. The molecule has 346 valence electrons. The summed E-state index contributed by atoms with van der Waals surface area (Å²) < 4.78 is 86.2. The van der Waals surface area contributed by atoms with Gasteiger partial charge in [0, 0.05) is 66.2 Å². The van der Waals surface area contributed by atoms with Crippen LogP contribution in [0.3, 0.4) is 0 Å². The first-order chi connectivity index (χ1) is 32.8. The van der Waals surface area contributed by atoms with Crippen molar-refractivity contribution in [2.45, 2.75) is 25.7 Å². The van der Waals surface area contributed by atoms with Gasteiger partial charge in [-0.25, -0.2) is 22.9 Å². The predicted octanol–water partition coefficient (Wildman–Crippen LogP) is 9.82. The number of amides is 2. The van der Waals surface area contributed by atoms with E-state index >= 15 is 0 Å². The van der Waals surface area contributed by atoms with Crippen LogP contribution in [0.5, 0.6) is 17.2 Å². The highest BCUT2D eigenvalue weighted by Gasteiger charge is 2.33. The average molecular weight is 949 g/mol. The van der Waals surface area contributed by atoms with Crippen molar-refractivity contribution in [1.29, 1.82) is 0 Å². The van der Waals surface area contributed by atoms with Crippen LogP contribution in [-0.4, -0.2) is 68.2 Å². The molecule has 3 N–H and O–H groups in total. The quantitative estimate of drug-likeness (QED) is 0.0258. The number of aromatic nitrogens is 2. The predicted molar refractivity (Wildman–Crippen MR) is 244 cm³/mol. The normalized spacial score (nSPS) is 14.7. The van der Waals surface area contributed by atoms with Crippen molar-refractivity contribution < 1.29 is 50.5 Å². The molecule has 0 atom stereocenters. The number of nitrogens with zero attached hydrogens (tertiary/aromatic N) is 6. The van der Waals surface area contributed by atoms with Crippen molar-refractivity contribution in [2.75, 3.05) is 55.1 Å². The van der Waals surface area contributed by atoms with E-state index in [1.165, 1.54) is 22.3 Å². The molecule has 10 rings (SSSR count). The topological polar surface area (TPSA) is 168 Å². The Morgan fingerprint density at radius 3 is 2.22 bits per heavy atom. The van der Waals surface area contributed by atoms with Gasteiger partial charge in [0.15, 0.2) is 0 Å². The van der Waals surface area contributed by atoms with E-state index in [4.69, 9.17) is 15.2 Å². The maximum Gasteiger partial charge on any atom is 0.360 e. The minimum absolute atomic E-state index is 0.0717. The van der Waals surface area contributed by atoms with E-state index in [1.807, 2.05) is 18.2 Å². The number of ether oxygens (including phenoxy) is 3. The smallest absolute Gasteiger partial charge is 0.360 e. The number of fused-ring (bicyclic) bond motifs is 5. The van der Waals surface area contributed by atoms with E-state index in [-0.39, 0.29) is 23.8 Å². The van der Waals surface area contributed by atoms with Crippen LogP contribution in [0.25, 0.3) is 27.2 Å². The Morgan fingerprint density at radius 2 is 1.47 bits per heavy atom. The highest BCUT2D eigenvalue weighted by molar-refractivity contribution is 7.21. The molecule has 2 aromatic heterocycles. The number of benzene rings is 5. The molecule has 0 radical (unpaired) electrons. The third kappa shape index (κ3) is 7.59. The van der Waals surface area contributed by atoms with Gasteiger partial charge in [0.1, 0.15) is 22.9 Å². The van der Waals surface area contributed by atoms with E-state index in [0.717, 1.165) is 41.9 Å². The van der Waals surface area contributed by atoms with Gasteiger partial charge in [0.25, 0.3) is 11.8 Å². The van der Waals surface area contributed by atoms with Crippen LogP contribution in [0.1, 0.15) is 50.4 Å². The molecule has 5 aromatic carbocycles. The van der Waals surface area contributed by atoms with Crippen LogP contribution >= 0.6 is 11.3 Å². The lowest BCUT2D eigenvalue weighted by atomic mass is 10.0. The molecular formula is C48H37F5N8O6S. The number of azo groups is 1. The molecule has 3 aliphatic heterocycles. The van der Waals surface area contributed by atoms with Crippen LogP contribution in [-0.2, 0) is 17.6 Å². The number of halogens is 5. The van der Waals surface area contributed by atoms with Crippen molar-refractivity contribution in [3.8, 4) is 17.2 Å². The molecule has 0 bridgehead atoms. The third-order valence-electron chi connectivity index (χ3n) is 12.3. The Kier molecular flexibility index (Phi) is 11.3. The molecule has 1 saturated heterocycles. The van der Waals surface area contributed by atoms with Crippen LogP contribution in [0.4, 0.5) is 49.8 Å². The first-order valence-corrected chi connectivity index (χ1v) is 22.1. The summed E-state index contributed by atoms with van der Waals surface area (Å²) in [6, 6.07) is 18.9. The maximum absolute atomic E-state index is 14.2. The Bertz CT molecular complexity index is 3300. The van der Waals surface area contributed by atoms with E-state index in [1.54, 1.807) is 67.7 Å². The van der Waals surface area contributed by atoms with Crippen molar-refractivity contribution in [1.82, 2.24) is 9.97 Å². The molecule has 68 heavy (non-hydrogen) atoms. The molecular weight excluding hydrogens is 912 g/mol. The van der Waals surface area contributed by atoms with Crippen LogP contribution in [0.15, 0.2) is 82.7 Å². The van der Waals surface area contributed by atoms with Crippen molar-refractivity contribution in [3.63, 3.8) is 0 Å². The number of aromatic amines is 1. The molecule has 0 aliphatic carbocycles. The van der Waals surface area contributed by atoms with Crippen LogP contribution < -0.4 is 34.6 Å². The van der Waals surface area contributed by atoms with E-state index in [0.29, 0.717) is 86.2 Å². The third-order valence-corrected chi connectivity index (χ3v) is 13.2. The average Bonchev–Trinajstić information content (AvgIpc) is 4.22. The molecule has 3 aliphatic rings. The molecule has 1 fully saturated rings. The fourth-order valence-corrected chi connectivity index (χ4v) is 9.76. The van der Waals surface area contributed by atoms with Gasteiger partial charge >= 0.3 is 5.97 Å². The molecule has 20 heteroatoms. The number of hydrogen-bond donors (Lipinski definition) is 2. The number of nitrogens with two attached hydrogens (primary N) is 1. The highest BCUT2D eigenvalue weighted by atomic mass is 32.1. The molecule has 0 unspecified atom stereocenters. The molecule has 5 heterocycles. The lowest BCUT2D eigenvalue weighted by Crippen LogP contribution is -2.33. The SMILES string of the molecule is COc1cc(N2CCCC2)c(OC)cc1/N=N/c1nc2ccc(C(=O)N3CCc4c(/C=C(\N)C(=O)N5CCc6c5ccc5[nH]c(C(=O)Oc7c(F)c(F)c(F)c(F)c7F)cc65)cccc43)cc2s1. The van der Waals surface area contributed by atoms with Gasteiger partial charge in [-0.1, -0.05) is 23.5 Å². The Balaban J connectivity index is 0.840. The lowest BCUT2D eigenvalue weighted by Gasteiger charge is -2.21. The molecule has 7 aromatic rings. The maximum atomic E-state index is 14.2. The zero-order valence-electron chi connectivity index (χ0n) is 36.1. The Hall–Kier alpha value is -7.87. The molecule has 0 saturated carbocycles. The summed E-state index contributed by atoms with van der Waals surface area (Å²) in [7, 11) is 3.20. The number of thiazole rings is 1. The Labute approximate surface area is 387 Å². The van der Waals surface area contributed by atoms with Crippen LogP contribution in [0, 0.1) is 29.1 Å². The largest absolute Gasteiger partial charge is 0.494 e. The van der Waals surface area contributed by atoms with Gasteiger partial charge in [-0.15, -0.1) is 10.2 Å². The van der Waals surface area contributed by atoms with E-state index < -0.39 is 46.7 Å².